The van der Waals surface area contributed by atoms with Gasteiger partial charge in [-0.15, -0.1) is 0 Å². The Balaban J connectivity index is 1.52. The van der Waals surface area contributed by atoms with E-state index in [4.69, 9.17) is 0 Å². The molecular weight excluding hydrogens is 384 g/mol. The average Bonchev–Trinajstić information content (AvgIpc) is 3.31. The van der Waals surface area contributed by atoms with Crippen molar-refractivity contribution in [1.82, 2.24) is 19.1 Å². The highest BCUT2D eigenvalue weighted by Crippen LogP contribution is 2.28. The summed E-state index contributed by atoms with van der Waals surface area (Å²) in [7, 11) is 0. The van der Waals surface area contributed by atoms with Crippen LogP contribution < -0.4 is 5.32 Å². The van der Waals surface area contributed by atoms with E-state index in [-0.39, 0.29) is 17.6 Å². The van der Waals surface area contributed by atoms with E-state index in [9.17, 15) is 13.6 Å². The van der Waals surface area contributed by atoms with E-state index in [1.807, 2.05) is 22.9 Å². The summed E-state index contributed by atoms with van der Waals surface area (Å²) in [6.07, 6.45) is 5.18. The van der Waals surface area contributed by atoms with Crippen LogP contribution in [0.4, 0.5) is 14.5 Å². The second-order valence-electron chi connectivity index (χ2n) is 5.91. The molecule has 0 saturated carbocycles. The first kappa shape index (κ1) is 18.2. The molecular formula is C19H15F2N5OS. The zero-order chi connectivity index (χ0) is 19.5. The molecule has 6 nitrogen and oxygen atoms in total. The number of nitrogens with zero attached hydrogens (tertiary/aromatic N) is 4. The number of fused-ring (bicyclic) bond motifs is 1. The number of aromatic nitrogens is 4. The number of para-hydroxylation sites is 2. The third-order valence-corrected chi connectivity index (χ3v) is 4.77. The molecule has 0 atom stereocenters. The Labute approximate surface area is 163 Å². The largest absolute Gasteiger partial charge is 0.325 e. The smallest absolute Gasteiger partial charge is 0.291 e. The Hall–Kier alpha value is -3.20. The fourth-order valence-corrected chi connectivity index (χ4v) is 3.45. The van der Waals surface area contributed by atoms with Gasteiger partial charge in [0, 0.05) is 23.8 Å². The van der Waals surface area contributed by atoms with Gasteiger partial charge in [-0.2, -0.15) is 8.78 Å². The number of thioether (sulfide) groups is 1. The molecule has 1 N–H and O–H groups in total. The van der Waals surface area contributed by atoms with Crippen molar-refractivity contribution < 1.29 is 13.6 Å². The second-order valence-corrected chi connectivity index (χ2v) is 6.87. The summed E-state index contributed by atoms with van der Waals surface area (Å²) in [6.45, 7) is -0.112. The summed E-state index contributed by atoms with van der Waals surface area (Å²) >= 11 is 0.329. The third-order valence-electron chi connectivity index (χ3n) is 4.07. The molecule has 1 amide bonds. The van der Waals surface area contributed by atoms with E-state index in [0.717, 1.165) is 5.69 Å². The van der Waals surface area contributed by atoms with Gasteiger partial charge in [0.2, 0.25) is 5.91 Å². The molecule has 2 aromatic heterocycles. The molecule has 0 aliphatic rings. The molecule has 0 saturated heterocycles. The topological polar surface area (TPSA) is 64.7 Å². The minimum absolute atomic E-state index is 0.112. The molecule has 0 aliphatic heterocycles. The fraction of sp³-hybridized carbons (Fsp3) is 0.105. The molecule has 0 radical (unpaired) electrons. The van der Waals surface area contributed by atoms with Crippen LogP contribution in [0.2, 0.25) is 0 Å². The Morgan fingerprint density at radius 1 is 1.14 bits per heavy atom. The highest BCUT2D eigenvalue weighted by atomic mass is 32.2. The number of imidazole rings is 2. The number of benzene rings is 2. The predicted molar refractivity (Wildman–Crippen MR) is 104 cm³/mol. The first-order valence-corrected chi connectivity index (χ1v) is 9.26. The highest BCUT2D eigenvalue weighted by Gasteiger charge is 2.17. The van der Waals surface area contributed by atoms with Gasteiger partial charge >= 0.3 is 0 Å². The minimum atomic E-state index is -2.62. The lowest BCUT2D eigenvalue weighted by Crippen LogP contribution is -2.19. The Kier molecular flexibility index (Phi) is 5.07. The van der Waals surface area contributed by atoms with E-state index in [1.165, 1.54) is 4.57 Å². The Morgan fingerprint density at radius 3 is 2.64 bits per heavy atom. The second kappa shape index (κ2) is 7.81. The van der Waals surface area contributed by atoms with Crippen molar-refractivity contribution in [3.05, 3.63) is 67.3 Å². The number of amides is 1. The van der Waals surface area contributed by atoms with E-state index < -0.39 is 5.76 Å². The summed E-state index contributed by atoms with van der Waals surface area (Å²) in [4.78, 5) is 20.7. The molecule has 0 bridgehead atoms. The van der Waals surface area contributed by atoms with Gasteiger partial charge in [0.15, 0.2) is 5.16 Å². The number of halogens is 2. The van der Waals surface area contributed by atoms with E-state index >= 15 is 0 Å². The number of nitrogens with one attached hydrogen (secondary N) is 1. The van der Waals surface area contributed by atoms with Gasteiger partial charge in [-0.25, -0.2) is 9.97 Å². The molecule has 142 valence electrons. The number of hydrogen-bond donors (Lipinski definition) is 1. The summed E-state index contributed by atoms with van der Waals surface area (Å²) in [5.41, 5.74) is 2.73. The van der Waals surface area contributed by atoms with Crippen molar-refractivity contribution in [2.45, 2.75) is 17.5 Å². The van der Waals surface area contributed by atoms with Crippen LogP contribution in [0.15, 0.2) is 72.4 Å². The lowest BCUT2D eigenvalue weighted by molar-refractivity contribution is -0.116. The lowest BCUT2D eigenvalue weighted by atomic mass is 10.2. The van der Waals surface area contributed by atoms with Crippen LogP contribution in [0.3, 0.4) is 0 Å². The van der Waals surface area contributed by atoms with Gasteiger partial charge in [-0.1, -0.05) is 12.1 Å². The van der Waals surface area contributed by atoms with Crippen molar-refractivity contribution in [1.29, 1.82) is 0 Å². The van der Waals surface area contributed by atoms with Crippen molar-refractivity contribution >= 4 is 34.4 Å². The summed E-state index contributed by atoms with van der Waals surface area (Å²) < 4.78 is 29.1. The monoisotopic (exact) mass is 399 g/mol. The molecule has 0 aliphatic carbocycles. The maximum absolute atomic E-state index is 12.9. The van der Waals surface area contributed by atoms with E-state index in [2.05, 4.69) is 15.3 Å². The summed E-state index contributed by atoms with van der Waals surface area (Å²) in [5, 5.41) is 2.90. The van der Waals surface area contributed by atoms with Gasteiger partial charge in [0.25, 0.3) is 5.76 Å². The van der Waals surface area contributed by atoms with Gasteiger partial charge in [-0.3, -0.25) is 4.79 Å². The molecule has 28 heavy (non-hydrogen) atoms. The number of anilines is 1. The standard InChI is InChI=1S/C19H15F2N5OS/c20-18(21)28-19-24-15-3-1-2-4-16(15)26(19)11-17(27)23-13-5-7-14(8-6-13)25-10-9-22-12-25/h1-10,12,18H,11H2,(H,23,27). The molecule has 0 unspecified atom stereocenters. The van der Waals surface area contributed by atoms with Crippen molar-refractivity contribution in [2.75, 3.05) is 5.32 Å². The molecule has 2 aromatic carbocycles. The molecule has 0 spiro atoms. The van der Waals surface area contributed by atoms with Crippen LogP contribution in [-0.2, 0) is 11.3 Å². The van der Waals surface area contributed by atoms with Crippen LogP contribution in [-0.4, -0.2) is 30.8 Å². The number of carbonyl (C=O) groups is 1. The van der Waals surface area contributed by atoms with Crippen molar-refractivity contribution in [2.24, 2.45) is 0 Å². The van der Waals surface area contributed by atoms with Gasteiger partial charge in [0.1, 0.15) is 6.54 Å². The first-order chi connectivity index (χ1) is 13.6. The van der Waals surface area contributed by atoms with Crippen LogP contribution in [0.25, 0.3) is 16.7 Å². The zero-order valence-electron chi connectivity index (χ0n) is 14.5. The number of hydrogen-bond acceptors (Lipinski definition) is 4. The van der Waals surface area contributed by atoms with E-state index in [0.29, 0.717) is 28.5 Å². The van der Waals surface area contributed by atoms with Crippen LogP contribution in [0, 0.1) is 0 Å². The van der Waals surface area contributed by atoms with Crippen LogP contribution >= 0.6 is 11.8 Å². The van der Waals surface area contributed by atoms with Crippen LogP contribution in [0.5, 0.6) is 0 Å². The normalized spacial score (nSPS) is 11.2. The molecule has 9 heteroatoms. The fourth-order valence-electron chi connectivity index (χ4n) is 2.85. The molecule has 0 fully saturated rings. The summed E-state index contributed by atoms with van der Waals surface area (Å²) in [5.74, 6) is -2.94. The SMILES string of the molecule is O=C(Cn1c(SC(F)F)nc2ccccc21)Nc1ccc(-n2ccnc2)cc1. The first-order valence-electron chi connectivity index (χ1n) is 8.38. The van der Waals surface area contributed by atoms with Crippen LogP contribution in [0.1, 0.15) is 0 Å². The van der Waals surface area contributed by atoms with Gasteiger partial charge in [0.05, 0.1) is 17.4 Å². The Morgan fingerprint density at radius 2 is 1.93 bits per heavy atom. The third kappa shape index (κ3) is 3.89. The minimum Gasteiger partial charge on any atom is -0.325 e. The number of carbonyl (C=O) groups excluding carboxylic acids is 1. The quantitative estimate of drug-likeness (QED) is 0.494. The van der Waals surface area contributed by atoms with Gasteiger partial charge < -0.3 is 14.5 Å². The summed E-state index contributed by atoms with van der Waals surface area (Å²) in [6, 6.07) is 14.3. The number of alkyl halides is 2. The zero-order valence-corrected chi connectivity index (χ0v) is 15.3. The van der Waals surface area contributed by atoms with Crippen molar-refractivity contribution in [3.63, 3.8) is 0 Å². The molecule has 4 rings (SSSR count). The predicted octanol–water partition coefficient (Wildman–Crippen LogP) is 4.18. The maximum atomic E-state index is 12.9. The Bertz CT molecular complexity index is 1090. The maximum Gasteiger partial charge on any atom is 0.291 e. The average molecular weight is 399 g/mol. The molecule has 2 heterocycles. The van der Waals surface area contributed by atoms with E-state index in [1.54, 1.807) is 48.9 Å². The number of rotatable bonds is 6. The lowest BCUT2D eigenvalue weighted by Gasteiger charge is -2.10. The molecule has 4 aromatic rings. The highest BCUT2D eigenvalue weighted by molar-refractivity contribution is 7.99. The van der Waals surface area contributed by atoms with Gasteiger partial charge in [-0.05, 0) is 48.2 Å². The van der Waals surface area contributed by atoms with Crippen molar-refractivity contribution in [3.8, 4) is 5.69 Å².